The van der Waals surface area contributed by atoms with Gasteiger partial charge in [-0.25, -0.2) is 0 Å². The summed E-state index contributed by atoms with van der Waals surface area (Å²) in [5.41, 5.74) is 2.26. The molecule has 20 heavy (non-hydrogen) atoms. The monoisotopic (exact) mass is 271 g/mol. The van der Waals surface area contributed by atoms with E-state index in [0.29, 0.717) is 23.8 Å². The standard InChI is InChI=1S/C15H13NO4/c17-11-3-1-10(2-4-11)8-19-12-5-6-13-14(16-18)9-20-15(13)7-12/h1-7,17-18H,8-9H2/b16-14-. The van der Waals surface area contributed by atoms with E-state index in [9.17, 15) is 5.11 Å². The van der Waals surface area contributed by atoms with Gasteiger partial charge in [-0.15, -0.1) is 0 Å². The van der Waals surface area contributed by atoms with Crippen LogP contribution < -0.4 is 9.47 Å². The van der Waals surface area contributed by atoms with Gasteiger partial charge in [-0.3, -0.25) is 0 Å². The fourth-order valence-corrected chi connectivity index (χ4v) is 2.02. The fourth-order valence-electron chi connectivity index (χ4n) is 2.02. The highest BCUT2D eigenvalue weighted by atomic mass is 16.5. The van der Waals surface area contributed by atoms with Gasteiger partial charge in [0.2, 0.25) is 0 Å². The summed E-state index contributed by atoms with van der Waals surface area (Å²) >= 11 is 0. The van der Waals surface area contributed by atoms with E-state index in [2.05, 4.69) is 5.16 Å². The van der Waals surface area contributed by atoms with Crippen molar-refractivity contribution in [3.05, 3.63) is 53.6 Å². The lowest BCUT2D eigenvalue weighted by Crippen LogP contribution is -2.01. The van der Waals surface area contributed by atoms with Gasteiger partial charge in [-0.05, 0) is 29.8 Å². The van der Waals surface area contributed by atoms with E-state index in [4.69, 9.17) is 14.7 Å². The first kappa shape index (κ1) is 12.3. The van der Waals surface area contributed by atoms with Crippen LogP contribution in [0.2, 0.25) is 0 Å². The first-order chi connectivity index (χ1) is 9.76. The number of hydrogen-bond donors (Lipinski definition) is 2. The Labute approximate surface area is 115 Å². The molecule has 0 aliphatic carbocycles. The fraction of sp³-hybridized carbons (Fsp3) is 0.133. The van der Waals surface area contributed by atoms with Crippen molar-refractivity contribution in [2.45, 2.75) is 6.61 Å². The Morgan fingerprint density at radius 3 is 2.70 bits per heavy atom. The third-order valence-electron chi connectivity index (χ3n) is 3.09. The number of phenols is 1. The topological polar surface area (TPSA) is 71.3 Å². The SMILES string of the molecule is O/N=C1/COc2cc(OCc3ccc(O)cc3)ccc21. The number of aromatic hydroxyl groups is 1. The third-order valence-corrected chi connectivity index (χ3v) is 3.09. The Morgan fingerprint density at radius 2 is 1.95 bits per heavy atom. The molecule has 3 rings (SSSR count). The predicted molar refractivity (Wildman–Crippen MR) is 72.7 cm³/mol. The lowest BCUT2D eigenvalue weighted by atomic mass is 10.1. The van der Waals surface area contributed by atoms with Gasteiger partial charge in [0.1, 0.15) is 36.2 Å². The molecule has 2 aromatic rings. The van der Waals surface area contributed by atoms with Crippen LogP contribution in [-0.2, 0) is 6.61 Å². The van der Waals surface area contributed by atoms with Crippen LogP contribution >= 0.6 is 0 Å². The summed E-state index contributed by atoms with van der Waals surface area (Å²) in [4.78, 5) is 0. The summed E-state index contributed by atoms with van der Waals surface area (Å²) in [5.74, 6) is 1.56. The van der Waals surface area contributed by atoms with Crippen LogP contribution in [0.4, 0.5) is 0 Å². The Kier molecular flexibility index (Phi) is 3.16. The van der Waals surface area contributed by atoms with E-state index in [1.54, 1.807) is 36.4 Å². The molecule has 0 bridgehead atoms. The lowest BCUT2D eigenvalue weighted by Gasteiger charge is -2.07. The van der Waals surface area contributed by atoms with Crippen molar-refractivity contribution in [1.29, 1.82) is 0 Å². The predicted octanol–water partition coefficient (Wildman–Crippen LogP) is 2.54. The van der Waals surface area contributed by atoms with Crippen molar-refractivity contribution in [3.8, 4) is 17.2 Å². The number of fused-ring (bicyclic) bond motifs is 1. The van der Waals surface area contributed by atoms with Crippen molar-refractivity contribution in [2.75, 3.05) is 6.61 Å². The maximum atomic E-state index is 9.21. The molecule has 5 heteroatoms. The number of nitrogens with zero attached hydrogens (tertiary/aromatic N) is 1. The zero-order chi connectivity index (χ0) is 13.9. The quantitative estimate of drug-likeness (QED) is 0.664. The van der Waals surface area contributed by atoms with E-state index in [1.807, 2.05) is 6.07 Å². The average Bonchev–Trinajstić information content (AvgIpc) is 2.89. The summed E-state index contributed by atoms with van der Waals surface area (Å²) in [5, 5.41) is 21.2. The minimum absolute atomic E-state index is 0.232. The van der Waals surface area contributed by atoms with Crippen LogP contribution in [0.15, 0.2) is 47.6 Å². The number of oxime groups is 1. The van der Waals surface area contributed by atoms with Gasteiger partial charge in [0.15, 0.2) is 0 Å². The second kappa shape index (κ2) is 5.13. The second-order valence-corrected chi connectivity index (χ2v) is 4.45. The molecule has 102 valence electrons. The Balaban J connectivity index is 1.71. The highest BCUT2D eigenvalue weighted by Gasteiger charge is 2.20. The molecule has 2 aromatic carbocycles. The van der Waals surface area contributed by atoms with Gasteiger partial charge < -0.3 is 19.8 Å². The molecule has 0 fully saturated rings. The lowest BCUT2D eigenvalue weighted by molar-refractivity contribution is 0.302. The Bertz CT molecular complexity index is 649. The van der Waals surface area contributed by atoms with Crippen LogP contribution in [0, 0.1) is 0 Å². The maximum absolute atomic E-state index is 9.21. The van der Waals surface area contributed by atoms with Crippen molar-refractivity contribution in [2.24, 2.45) is 5.16 Å². The number of benzene rings is 2. The zero-order valence-electron chi connectivity index (χ0n) is 10.6. The zero-order valence-corrected chi connectivity index (χ0v) is 10.6. The molecular formula is C15H13NO4. The normalized spacial score (nSPS) is 14.9. The third kappa shape index (κ3) is 2.38. The van der Waals surface area contributed by atoms with Gasteiger partial charge in [-0.1, -0.05) is 17.3 Å². The molecular weight excluding hydrogens is 258 g/mol. The summed E-state index contributed by atoms with van der Waals surface area (Å²) < 4.78 is 11.1. The van der Waals surface area contributed by atoms with E-state index >= 15 is 0 Å². The van der Waals surface area contributed by atoms with Crippen molar-refractivity contribution >= 4 is 5.71 Å². The van der Waals surface area contributed by atoms with Gasteiger partial charge in [0.05, 0.1) is 0 Å². The molecule has 0 radical (unpaired) electrons. The number of hydrogen-bond acceptors (Lipinski definition) is 5. The maximum Gasteiger partial charge on any atom is 0.134 e. The van der Waals surface area contributed by atoms with Crippen LogP contribution in [0.25, 0.3) is 0 Å². The van der Waals surface area contributed by atoms with E-state index < -0.39 is 0 Å². The molecule has 0 saturated carbocycles. The molecule has 0 amide bonds. The highest BCUT2D eigenvalue weighted by Crippen LogP contribution is 2.30. The molecule has 2 N–H and O–H groups in total. The van der Waals surface area contributed by atoms with Crippen molar-refractivity contribution < 1.29 is 19.8 Å². The van der Waals surface area contributed by atoms with Crippen LogP contribution in [0.1, 0.15) is 11.1 Å². The van der Waals surface area contributed by atoms with Crippen molar-refractivity contribution in [3.63, 3.8) is 0 Å². The van der Waals surface area contributed by atoms with E-state index in [0.717, 1.165) is 11.1 Å². The molecule has 0 spiro atoms. The molecule has 1 aliphatic heterocycles. The largest absolute Gasteiger partial charge is 0.508 e. The van der Waals surface area contributed by atoms with Crippen LogP contribution in [0.3, 0.4) is 0 Å². The highest BCUT2D eigenvalue weighted by molar-refractivity contribution is 6.05. The average molecular weight is 271 g/mol. The second-order valence-electron chi connectivity index (χ2n) is 4.45. The summed E-state index contributed by atoms with van der Waals surface area (Å²) in [6, 6.07) is 12.2. The molecule has 1 aliphatic rings. The van der Waals surface area contributed by atoms with Crippen molar-refractivity contribution in [1.82, 2.24) is 0 Å². The first-order valence-corrected chi connectivity index (χ1v) is 6.15. The van der Waals surface area contributed by atoms with Crippen LogP contribution in [-0.4, -0.2) is 22.6 Å². The summed E-state index contributed by atoms with van der Waals surface area (Å²) in [6.07, 6.45) is 0. The molecule has 0 saturated heterocycles. The minimum Gasteiger partial charge on any atom is -0.508 e. The van der Waals surface area contributed by atoms with Gasteiger partial charge >= 0.3 is 0 Å². The van der Waals surface area contributed by atoms with E-state index in [-0.39, 0.29) is 12.4 Å². The minimum atomic E-state index is 0.232. The number of ether oxygens (including phenoxy) is 2. The van der Waals surface area contributed by atoms with Gasteiger partial charge in [0.25, 0.3) is 0 Å². The first-order valence-electron chi connectivity index (χ1n) is 6.15. The molecule has 0 aromatic heterocycles. The molecule has 1 heterocycles. The molecule has 0 unspecified atom stereocenters. The number of phenolic OH excluding ortho intramolecular Hbond substituents is 1. The Hall–Kier alpha value is -2.69. The summed E-state index contributed by atoms with van der Waals surface area (Å²) in [6.45, 7) is 0.674. The van der Waals surface area contributed by atoms with Gasteiger partial charge in [0, 0.05) is 11.6 Å². The van der Waals surface area contributed by atoms with Crippen LogP contribution in [0.5, 0.6) is 17.2 Å². The molecule has 5 nitrogen and oxygen atoms in total. The summed E-state index contributed by atoms with van der Waals surface area (Å²) in [7, 11) is 0. The number of rotatable bonds is 3. The van der Waals surface area contributed by atoms with Gasteiger partial charge in [-0.2, -0.15) is 0 Å². The van der Waals surface area contributed by atoms with E-state index in [1.165, 1.54) is 0 Å². The smallest absolute Gasteiger partial charge is 0.134 e. The molecule has 0 atom stereocenters. The Morgan fingerprint density at radius 1 is 1.15 bits per heavy atom.